The highest BCUT2D eigenvalue weighted by atomic mass is 14.2. The summed E-state index contributed by atoms with van der Waals surface area (Å²) >= 11 is 0. The first-order valence-corrected chi connectivity index (χ1v) is 3.56. The van der Waals surface area contributed by atoms with E-state index >= 15 is 0 Å². The zero-order chi connectivity index (χ0) is 5.98. The Kier molecular flexibility index (Phi) is 1.98. The molecule has 1 saturated carbocycles. The second-order valence-corrected chi connectivity index (χ2v) is 2.93. The van der Waals surface area contributed by atoms with Crippen molar-refractivity contribution in [3.63, 3.8) is 0 Å². The van der Waals surface area contributed by atoms with Crippen molar-refractivity contribution in [3.8, 4) is 0 Å². The Bertz CT molecular complexity index is 60.8. The molecule has 0 spiro atoms. The van der Waals surface area contributed by atoms with Gasteiger partial charge in [0.2, 0.25) is 0 Å². The van der Waals surface area contributed by atoms with Gasteiger partial charge in [-0.1, -0.05) is 38.4 Å². The minimum atomic E-state index is 0.503. The van der Waals surface area contributed by atoms with Crippen molar-refractivity contribution >= 4 is 7.85 Å². The van der Waals surface area contributed by atoms with Crippen molar-refractivity contribution in [1.29, 1.82) is 0 Å². The summed E-state index contributed by atoms with van der Waals surface area (Å²) in [5.41, 5.74) is 0. The fraction of sp³-hybridized carbons (Fsp3) is 1.00. The fourth-order valence-corrected chi connectivity index (χ4v) is 1.34. The highest BCUT2D eigenvalue weighted by Crippen LogP contribution is 2.31. The summed E-state index contributed by atoms with van der Waals surface area (Å²) in [4.78, 5) is 0. The first kappa shape index (κ1) is 6.19. The Morgan fingerprint density at radius 3 is 2.25 bits per heavy atom. The van der Waals surface area contributed by atoms with Crippen LogP contribution in [0.15, 0.2) is 0 Å². The summed E-state index contributed by atoms with van der Waals surface area (Å²) in [6.07, 6.45) is 5.35. The highest BCUT2D eigenvalue weighted by Gasteiger charge is 2.15. The second-order valence-electron chi connectivity index (χ2n) is 2.93. The van der Waals surface area contributed by atoms with E-state index in [4.69, 9.17) is 7.85 Å². The predicted octanol–water partition coefficient (Wildman–Crippen LogP) is 2.15. The lowest BCUT2D eigenvalue weighted by atomic mass is 9.69. The minimum absolute atomic E-state index is 0.503. The number of rotatable bonds is 0. The van der Waals surface area contributed by atoms with E-state index in [1.165, 1.54) is 25.7 Å². The third-order valence-electron chi connectivity index (χ3n) is 2.18. The molecule has 0 nitrogen and oxygen atoms in total. The van der Waals surface area contributed by atoms with E-state index in [1.54, 1.807) is 0 Å². The van der Waals surface area contributed by atoms with Crippen molar-refractivity contribution in [1.82, 2.24) is 0 Å². The monoisotopic (exact) mass is 108 g/mol. The fourth-order valence-electron chi connectivity index (χ4n) is 1.34. The van der Waals surface area contributed by atoms with E-state index in [0.717, 1.165) is 5.92 Å². The van der Waals surface area contributed by atoms with Gasteiger partial charge in [0.05, 0.1) is 7.85 Å². The molecule has 44 valence electrons. The van der Waals surface area contributed by atoms with E-state index in [9.17, 15) is 0 Å². The van der Waals surface area contributed by atoms with E-state index in [0.29, 0.717) is 5.82 Å². The maximum absolute atomic E-state index is 5.78. The van der Waals surface area contributed by atoms with Gasteiger partial charge in [-0.2, -0.15) is 0 Å². The molecule has 0 unspecified atom stereocenters. The summed E-state index contributed by atoms with van der Waals surface area (Å²) in [7, 11) is 5.78. The summed E-state index contributed by atoms with van der Waals surface area (Å²) in [6.45, 7) is 2.25. The van der Waals surface area contributed by atoms with Crippen LogP contribution >= 0.6 is 0 Å². The van der Waals surface area contributed by atoms with Crippen LogP contribution in [0.25, 0.3) is 0 Å². The Balaban J connectivity index is 2.28. The quantitative estimate of drug-likeness (QED) is 0.417. The molecular weight excluding hydrogens is 94.9 g/mol. The van der Waals surface area contributed by atoms with Crippen LogP contribution < -0.4 is 0 Å². The molecular formula is C7H13B. The van der Waals surface area contributed by atoms with Crippen molar-refractivity contribution in [2.45, 2.75) is 38.4 Å². The molecule has 1 aliphatic rings. The molecule has 8 heavy (non-hydrogen) atoms. The van der Waals surface area contributed by atoms with Crippen LogP contribution in [-0.2, 0) is 0 Å². The van der Waals surface area contributed by atoms with Crippen molar-refractivity contribution < 1.29 is 0 Å². The molecule has 0 amide bonds. The Hall–Kier alpha value is 0.0649. The van der Waals surface area contributed by atoms with Gasteiger partial charge in [0.15, 0.2) is 0 Å². The molecule has 0 heterocycles. The molecule has 0 saturated heterocycles. The summed E-state index contributed by atoms with van der Waals surface area (Å²) < 4.78 is 0. The maximum atomic E-state index is 5.78. The third-order valence-corrected chi connectivity index (χ3v) is 2.18. The van der Waals surface area contributed by atoms with Gasteiger partial charge in [-0.05, 0) is 5.92 Å². The van der Waals surface area contributed by atoms with Crippen LogP contribution in [0.3, 0.4) is 0 Å². The van der Waals surface area contributed by atoms with Crippen LogP contribution in [0.4, 0.5) is 0 Å². The molecule has 1 rings (SSSR count). The first-order valence-electron chi connectivity index (χ1n) is 3.56. The summed E-state index contributed by atoms with van der Waals surface area (Å²) in [5.74, 6) is 1.28. The van der Waals surface area contributed by atoms with Gasteiger partial charge in [0.25, 0.3) is 0 Å². The zero-order valence-corrected chi connectivity index (χ0v) is 5.56. The lowest BCUT2D eigenvalue weighted by Gasteiger charge is -2.24. The topological polar surface area (TPSA) is 0 Å². The average Bonchev–Trinajstić information content (AvgIpc) is 1.77. The summed E-state index contributed by atoms with van der Waals surface area (Å²) in [5, 5.41) is 0. The molecule has 0 aliphatic heterocycles. The van der Waals surface area contributed by atoms with Crippen LogP contribution in [0.2, 0.25) is 5.82 Å². The first-order chi connectivity index (χ1) is 3.80. The van der Waals surface area contributed by atoms with Crippen molar-refractivity contribution in [3.05, 3.63) is 0 Å². The lowest BCUT2D eigenvalue weighted by Crippen LogP contribution is -2.10. The second kappa shape index (κ2) is 2.57. The maximum Gasteiger partial charge on any atom is 0.0703 e. The van der Waals surface area contributed by atoms with Crippen LogP contribution in [0.5, 0.6) is 0 Å². The molecule has 0 aromatic heterocycles. The smallest absolute Gasteiger partial charge is 0.0703 e. The van der Waals surface area contributed by atoms with Gasteiger partial charge >= 0.3 is 0 Å². The van der Waals surface area contributed by atoms with E-state index in [-0.39, 0.29) is 0 Å². The van der Waals surface area contributed by atoms with Crippen molar-refractivity contribution in [2.24, 2.45) is 5.92 Å². The normalized spacial score (nSPS) is 39.6. The third kappa shape index (κ3) is 1.27. The molecule has 1 aliphatic carbocycles. The van der Waals surface area contributed by atoms with Gasteiger partial charge in [-0.25, -0.2) is 0 Å². The van der Waals surface area contributed by atoms with Crippen molar-refractivity contribution in [2.75, 3.05) is 0 Å². The number of hydrogen-bond donors (Lipinski definition) is 0. The van der Waals surface area contributed by atoms with Crippen LogP contribution in [0, 0.1) is 5.92 Å². The van der Waals surface area contributed by atoms with E-state index < -0.39 is 0 Å². The molecule has 2 atom stereocenters. The molecule has 0 bridgehead atoms. The molecule has 1 fully saturated rings. The van der Waals surface area contributed by atoms with E-state index in [2.05, 4.69) is 6.92 Å². The van der Waals surface area contributed by atoms with E-state index in [1.807, 2.05) is 0 Å². The standard InChI is InChI=1S/C7H13B/c1-6-4-2-3-5-7(6)8/h6-7H,2-5H2,1H3/t6-,7-/m0/s1. The highest BCUT2D eigenvalue weighted by molar-refractivity contribution is 6.11. The Morgan fingerprint density at radius 2 is 1.88 bits per heavy atom. The van der Waals surface area contributed by atoms with Gasteiger partial charge in [-0.15, -0.1) is 0 Å². The number of hydrogen-bond acceptors (Lipinski definition) is 0. The van der Waals surface area contributed by atoms with Gasteiger partial charge in [0, 0.05) is 0 Å². The molecule has 0 N–H and O–H groups in total. The van der Waals surface area contributed by atoms with Crippen LogP contribution in [-0.4, -0.2) is 7.85 Å². The summed E-state index contributed by atoms with van der Waals surface area (Å²) in [6, 6.07) is 0. The Morgan fingerprint density at radius 1 is 1.25 bits per heavy atom. The van der Waals surface area contributed by atoms with Gasteiger partial charge in [-0.3, -0.25) is 0 Å². The molecule has 1 heteroatoms. The molecule has 0 aromatic carbocycles. The molecule has 2 radical (unpaired) electrons. The largest absolute Gasteiger partial charge is 0.0749 e. The lowest BCUT2D eigenvalue weighted by molar-refractivity contribution is 0.386. The van der Waals surface area contributed by atoms with Crippen LogP contribution in [0.1, 0.15) is 32.6 Å². The molecule has 0 aromatic rings. The predicted molar refractivity (Wildman–Crippen MR) is 37.1 cm³/mol. The minimum Gasteiger partial charge on any atom is -0.0749 e. The zero-order valence-electron chi connectivity index (χ0n) is 5.56. The Labute approximate surface area is 53.1 Å². The SMILES string of the molecule is [B][C@H]1CCCC[C@@H]1C. The van der Waals surface area contributed by atoms with Gasteiger partial charge < -0.3 is 0 Å². The van der Waals surface area contributed by atoms with Gasteiger partial charge in [0.1, 0.15) is 0 Å². The average molecular weight is 108 g/mol.